The van der Waals surface area contributed by atoms with E-state index in [9.17, 15) is 4.79 Å². The van der Waals surface area contributed by atoms with Crippen molar-refractivity contribution in [3.8, 4) is 6.07 Å². The molecule has 7 heteroatoms. The van der Waals surface area contributed by atoms with E-state index in [2.05, 4.69) is 20.6 Å². The molecule has 1 aromatic heterocycles. The van der Waals surface area contributed by atoms with Crippen LogP contribution in [0.4, 0.5) is 17.2 Å². The van der Waals surface area contributed by atoms with Crippen molar-refractivity contribution in [2.75, 3.05) is 10.6 Å². The highest BCUT2D eigenvalue weighted by molar-refractivity contribution is 6.30. The number of aromatic nitrogens is 2. The first-order valence-corrected chi connectivity index (χ1v) is 7.68. The van der Waals surface area contributed by atoms with Gasteiger partial charge in [0, 0.05) is 16.8 Å². The summed E-state index contributed by atoms with van der Waals surface area (Å²) in [4.78, 5) is 20.4. The highest BCUT2D eigenvalue weighted by atomic mass is 35.5. The van der Waals surface area contributed by atoms with E-state index in [0.29, 0.717) is 22.1 Å². The lowest BCUT2D eigenvalue weighted by molar-refractivity contribution is 0.102. The molecule has 0 aliphatic rings. The lowest BCUT2D eigenvalue weighted by Crippen LogP contribution is -2.15. The van der Waals surface area contributed by atoms with Gasteiger partial charge in [0.15, 0.2) is 0 Å². The van der Waals surface area contributed by atoms with E-state index >= 15 is 0 Å². The molecule has 0 atom stereocenters. The second kappa shape index (κ2) is 7.43. The second-order valence-electron chi connectivity index (χ2n) is 5.04. The first-order chi connectivity index (χ1) is 12.2. The number of nitrogens with zero attached hydrogens (tertiary/aromatic N) is 3. The molecule has 1 heterocycles. The van der Waals surface area contributed by atoms with E-state index in [4.69, 9.17) is 16.9 Å². The molecule has 0 fully saturated rings. The summed E-state index contributed by atoms with van der Waals surface area (Å²) in [6, 6.07) is 17.4. The van der Waals surface area contributed by atoms with Crippen LogP contribution < -0.4 is 10.6 Å². The van der Waals surface area contributed by atoms with E-state index in [0.717, 1.165) is 5.69 Å². The van der Waals surface area contributed by atoms with Crippen LogP contribution in [0, 0.1) is 11.3 Å². The number of hydrogen-bond acceptors (Lipinski definition) is 5. The monoisotopic (exact) mass is 349 g/mol. The summed E-state index contributed by atoms with van der Waals surface area (Å²) in [6.45, 7) is 0. The predicted octanol–water partition coefficient (Wildman–Crippen LogP) is 4.00. The Labute approximate surface area is 149 Å². The second-order valence-corrected chi connectivity index (χ2v) is 5.47. The fourth-order valence-corrected chi connectivity index (χ4v) is 2.33. The first kappa shape index (κ1) is 16.4. The largest absolute Gasteiger partial charge is 0.340 e. The Hall–Kier alpha value is -3.43. The minimum absolute atomic E-state index is 0.173. The van der Waals surface area contributed by atoms with Gasteiger partial charge in [0.05, 0.1) is 11.3 Å². The Balaban J connectivity index is 1.79. The third-order valence-electron chi connectivity index (χ3n) is 3.29. The number of para-hydroxylation sites is 1. The number of carbonyl (C=O) groups is 1. The third kappa shape index (κ3) is 4.10. The number of carbonyl (C=O) groups excluding carboxylic acids is 1. The lowest BCUT2D eigenvalue weighted by Gasteiger charge is -2.08. The zero-order chi connectivity index (χ0) is 17.6. The van der Waals surface area contributed by atoms with Gasteiger partial charge in [-0.05, 0) is 30.3 Å². The molecular formula is C18H12ClN5O. The Morgan fingerprint density at radius 2 is 1.92 bits per heavy atom. The van der Waals surface area contributed by atoms with E-state index in [1.165, 1.54) is 12.4 Å². The molecule has 6 nitrogen and oxygen atoms in total. The number of anilines is 3. The van der Waals surface area contributed by atoms with Gasteiger partial charge in [0.25, 0.3) is 5.91 Å². The molecule has 0 bridgehead atoms. The van der Waals surface area contributed by atoms with Crippen molar-refractivity contribution in [1.82, 2.24) is 9.97 Å². The maximum Gasteiger partial charge on any atom is 0.274 e. The zero-order valence-electron chi connectivity index (χ0n) is 12.9. The number of rotatable bonds is 4. The van der Waals surface area contributed by atoms with E-state index in [1.54, 1.807) is 42.5 Å². The summed E-state index contributed by atoms with van der Waals surface area (Å²) in [6.07, 6.45) is 1.29. The molecule has 25 heavy (non-hydrogen) atoms. The van der Waals surface area contributed by atoms with E-state index < -0.39 is 5.91 Å². The molecule has 0 spiro atoms. The van der Waals surface area contributed by atoms with Crippen LogP contribution in [-0.4, -0.2) is 15.9 Å². The quantitative estimate of drug-likeness (QED) is 0.743. The Morgan fingerprint density at radius 1 is 1.08 bits per heavy atom. The van der Waals surface area contributed by atoms with Gasteiger partial charge in [0.2, 0.25) is 0 Å². The highest BCUT2D eigenvalue weighted by Crippen LogP contribution is 2.19. The van der Waals surface area contributed by atoms with Gasteiger partial charge in [-0.2, -0.15) is 5.26 Å². The maximum atomic E-state index is 12.4. The number of halogens is 1. The first-order valence-electron chi connectivity index (χ1n) is 7.31. The standard InChI is InChI=1S/C18H12ClN5O/c19-13-5-3-6-14(8-13)23-17-9-16(21-11-22-17)18(25)24-15-7-2-1-4-12(15)10-20/h1-9,11H,(H,24,25)(H,21,22,23). The molecule has 0 unspecified atom stereocenters. The van der Waals surface area contributed by atoms with Gasteiger partial charge >= 0.3 is 0 Å². The van der Waals surface area contributed by atoms with Crippen LogP contribution in [0.3, 0.4) is 0 Å². The van der Waals surface area contributed by atoms with E-state index in [-0.39, 0.29) is 5.69 Å². The number of hydrogen-bond donors (Lipinski definition) is 2. The van der Waals surface area contributed by atoms with Gasteiger partial charge < -0.3 is 10.6 Å². The topological polar surface area (TPSA) is 90.7 Å². The van der Waals surface area contributed by atoms with Crippen molar-refractivity contribution in [3.05, 3.63) is 77.2 Å². The molecule has 2 N–H and O–H groups in total. The normalized spacial score (nSPS) is 9.92. The molecule has 0 saturated heterocycles. The number of nitriles is 1. The van der Waals surface area contributed by atoms with Gasteiger partial charge in [-0.3, -0.25) is 4.79 Å². The summed E-state index contributed by atoms with van der Waals surface area (Å²) in [5.41, 5.74) is 1.72. The van der Waals surface area contributed by atoms with Crippen molar-refractivity contribution in [1.29, 1.82) is 5.26 Å². The van der Waals surface area contributed by atoms with Crippen molar-refractivity contribution < 1.29 is 4.79 Å². The fraction of sp³-hybridized carbons (Fsp3) is 0. The number of nitrogens with one attached hydrogen (secondary N) is 2. The average Bonchev–Trinajstić information content (AvgIpc) is 2.62. The van der Waals surface area contributed by atoms with Crippen LogP contribution in [0.1, 0.15) is 16.1 Å². The lowest BCUT2D eigenvalue weighted by atomic mass is 10.2. The molecule has 0 radical (unpaired) electrons. The summed E-state index contributed by atoms with van der Waals surface area (Å²) in [5, 5.41) is 15.4. The van der Waals surface area contributed by atoms with Gasteiger partial charge in [-0.1, -0.05) is 29.8 Å². The molecule has 3 aromatic rings. The molecule has 1 amide bonds. The predicted molar refractivity (Wildman–Crippen MR) is 95.9 cm³/mol. The summed E-state index contributed by atoms with van der Waals surface area (Å²) in [5.74, 6) is 0.0234. The molecular weight excluding hydrogens is 338 g/mol. The Kier molecular flexibility index (Phi) is 4.88. The molecule has 0 aliphatic heterocycles. The Morgan fingerprint density at radius 3 is 2.72 bits per heavy atom. The van der Waals surface area contributed by atoms with Crippen LogP contribution in [0.2, 0.25) is 5.02 Å². The molecule has 2 aromatic carbocycles. The summed E-state index contributed by atoms with van der Waals surface area (Å²) in [7, 11) is 0. The van der Waals surface area contributed by atoms with Crippen LogP contribution in [0.5, 0.6) is 0 Å². The molecule has 0 aliphatic carbocycles. The van der Waals surface area contributed by atoms with Gasteiger partial charge in [0.1, 0.15) is 23.9 Å². The van der Waals surface area contributed by atoms with Crippen molar-refractivity contribution in [3.63, 3.8) is 0 Å². The summed E-state index contributed by atoms with van der Waals surface area (Å²) >= 11 is 5.95. The van der Waals surface area contributed by atoms with Gasteiger partial charge in [-0.15, -0.1) is 0 Å². The van der Waals surface area contributed by atoms with Crippen molar-refractivity contribution in [2.45, 2.75) is 0 Å². The summed E-state index contributed by atoms with van der Waals surface area (Å²) < 4.78 is 0. The van der Waals surface area contributed by atoms with Gasteiger partial charge in [-0.25, -0.2) is 9.97 Å². The third-order valence-corrected chi connectivity index (χ3v) is 3.53. The molecule has 0 saturated carbocycles. The Bertz CT molecular complexity index is 967. The molecule has 3 rings (SSSR count). The van der Waals surface area contributed by atoms with Crippen molar-refractivity contribution >= 4 is 34.7 Å². The smallest absolute Gasteiger partial charge is 0.274 e. The van der Waals surface area contributed by atoms with Crippen LogP contribution in [0.25, 0.3) is 0 Å². The zero-order valence-corrected chi connectivity index (χ0v) is 13.7. The highest BCUT2D eigenvalue weighted by Gasteiger charge is 2.11. The number of amides is 1. The van der Waals surface area contributed by atoms with E-state index in [1.807, 2.05) is 12.1 Å². The van der Waals surface area contributed by atoms with Crippen LogP contribution in [0.15, 0.2) is 60.9 Å². The number of benzene rings is 2. The van der Waals surface area contributed by atoms with Crippen LogP contribution in [-0.2, 0) is 0 Å². The fourth-order valence-electron chi connectivity index (χ4n) is 2.14. The van der Waals surface area contributed by atoms with Crippen molar-refractivity contribution in [2.24, 2.45) is 0 Å². The van der Waals surface area contributed by atoms with Crippen LogP contribution >= 0.6 is 11.6 Å². The minimum atomic E-state index is -0.431. The minimum Gasteiger partial charge on any atom is -0.340 e. The SMILES string of the molecule is N#Cc1ccccc1NC(=O)c1cc(Nc2cccc(Cl)c2)ncn1. The maximum absolute atomic E-state index is 12.4. The average molecular weight is 350 g/mol. The molecule has 122 valence electrons.